The van der Waals surface area contributed by atoms with E-state index in [1.54, 1.807) is 18.3 Å². The third kappa shape index (κ3) is 3.50. The second-order valence-electron chi connectivity index (χ2n) is 6.43. The van der Waals surface area contributed by atoms with Crippen molar-refractivity contribution in [2.75, 3.05) is 18.5 Å². The molecule has 3 heterocycles. The summed E-state index contributed by atoms with van der Waals surface area (Å²) in [7, 11) is 0. The molecule has 0 spiro atoms. The summed E-state index contributed by atoms with van der Waals surface area (Å²) in [5, 5.41) is 2.67. The number of nitrogens with zero attached hydrogens (tertiary/aromatic N) is 2. The highest BCUT2D eigenvalue weighted by Crippen LogP contribution is 2.26. The molecule has 1 aromatic carbocycles. The summed E-state index contributed by atoms with van der Waals surface area (Å²) >= 11 is 3.28. The molecule has 27 heavy (non-hydrogen) atoms. The van der Waals surface area contributed by atoms with E-state index < -0.39 is 5.91 Å². The average molecular weight is 430 g/mol. The lowest BCUT2D eigenvalue weighted by molar-refractivity contribution is 0.0475. The van der Waals surface area contributed by atoms with Gasteiger partial charge in [-0.25, -0.2) is 4.98 Å². The second-order valence-corrected chi connectivity index (χ2v) is 7.35. The van der Waals surface area contributed by atoms with Crippen LogP contribution in [0, 0.1) is 0 Å². The molecule has 1 unspecified atom stereocenters. The van der Waals surface area contributed by atoms with Crippen LogP contribution in [-0.2, 0) is 4.74 Å². The van der Waals surface area contributed by atoms with Gasteiger partial charge in [-0.05, 0) is 59.1 Å². The van der Waals surface area contributed by atoms with E-state index in [1.807, 2.05) is 0 Å². The first-order valence-corrected chi connectivity index (χ1v) is 9.37. The molecule has 1 atom stereocenters. The number of ether oxygens (including phenoxy) is 1. The Kier molecular flexibility index (Phi) is 4.75. The van der Waals surface area contributed by atoms with E-state index >= 15 is 0 Å². The van der Waals surface area contributed by atoms with Crippen molar-refractivity contribution in [3.05, 3.63) is 57.7 Å². The van der Waals surface area contributed by atoms with Crippen LogP contribution in [0.25, 0.3) is 0 Å². The fourth-order valence-corrected chi connectivity index (χ4v) is 3.46. The van der Waals surface area contributed by atoms with Gasteiger partial charge in [0.05, 0.1) is 23.8 Å². The van der Waals surface area contributed by atoms with E-state index in [0.717, 1.165) is 17.3 Å². The molecule has 0 aliphatic carbocycles. The number of carbonyl (C=O) groups is 3. The minimum atomic E-state index is -0.398. The van der Waals surface area contributed by atoms with Gasteiger partial charge in [0.2, 0.25) is 0 Å². The molecular weight excluding hydrogens is 414 g/mol. The van der Waals surface area contributed by atoms with Gasteiger partial charge in [-0.3, -0.25) is 19.3 Å². The number of benzene rings is 1. The first kappa shape index (κ1) is 17.8. The first-order chi connectivity index (χ1) is 13.0. The van der Waals surface area contributed by atoms with Crippen LogP contribution in [0.4, 0.5) is 5.82 Å². The molecule has 138 valence electrons. The third-order valence-corrected chi connectivity index (χ3v) is 5.08. The molecule has 2 aliphatic rings. The van der Waals surface area contributed by atoms with Crippen molar-refractivity contribution in [1.82, 2.24) is 9.88 Å². The van der Waals surface area contributed by atoms with Gasteiger partial charge in [0, 0.05) is 22.8 Å². The van der Waals surface area contributed by atoms with Gasteiger partial charge in [-0.1, -0.05) is 0 Å². The van der Waals surface area contributed by atoms with Gasteiger partial charge in [0.1, 0.15) is 5.82 Å². The van der Waals surface area contributed by atoms with Crippen LogP contribution in [0.1, 0.15) is 43.9 Å². The number of hydrogen-bond acceptors (Lipinski definition) is 5. The molecule has 2 aliphatic heterocycles. The van der Waals surface area contributed by atoms with E-state index in [2.05, 4.69) is 26.2 Å². The van der Waals surface area contributed by atoms with E-state index in [4.69, 9.17) is 4.74 Å². The second kappa shape index (κ2) is 7.21. The number of nitrogens with one attached hydrogen (secondary N) is 1. The number of carbonyl (C=O) groups excluding carboxylic acids is 3. The molecular formula is C19H16BrN3O4. The molecule has 8 heteroatoms. The summed E-state index contributed by atoms with van der Waals surface area (Å²) in [5.74, 6) is -0.731. The Labute approximate surface area is 163 Å². The molecule has 1 saturated heterocycles. The first-order valence-electron chi connectivity index (χ1n) is 8.57. The van der Waals surface area contributed by atoms with Gasteiger partial charge in [-0.15, -0.1) is 0 Å². The highest BCUT2D eigenvalue weighted by molar-refractivity contribution is 9.10. The Balaban J connectivity index is 1.53. The fourth-order valence-electron chi connectivity index (χ4n) is 3.23. The van der Waals surface area contributed by atoms with E-state index in [-0.39, 0.29) is 30.0 Å². The van der Waals surface area contributed by atoms with Crippen LogP contribution in [-0.4, -0.2) is 46.9 Å². The number of halogens is 1. The van der Waals surface area contributed by atoms with Crippen molar-refractivity contribution in [3.63, 3.8) is 0 Å². The monoisotopic (exact) mass is 429 g/mol. The van der Waals surface area contributed by atoms with Crippen molar-refractivity contribution < 1.29 is 19.1 Å². The number of fused-ring (bicyclic) bond motifs is 1. The third-order valence-electron chi connectivity index (χ3n) is 4.61. The van der Waals surface area contributed by atoms with Crippen LogP contribution in [0.2, 0.25) is 0 Å². The highest BCUT2D eigenvalue weighted by Gasteiger charge is 2.37. The Morgan fingerprint density at radius 3 is 2.74 bits per heavy atom. The van der Waals surface area contributed by atoms with Gasteiger partial charge >= 0.3 is 0 Å². The van der Waals surface area contributed by atoms with Crippen LogP contribution >= 0.6 is 15.9 Å². The lowest BCUT2D eigenvalue weighted by Gasteiger charge is -2.17. The molecule has 1 N–H and O–H groups in total. The van der Waals surface area contributed by atoms with E-state index in [1.165, 1.54) is 23.1 Å². The van der Waals surface area contributed by atoms with Crippen molar-refractivity contribution >= 4 is 39.5 Å². The number of imide groups is 1. The summed E-state index contributed by atoms with van der Waals surface area (Å²) in [4.78, 5) is 43.0. The van der Waals surface area contributed by atoms with Crippen LogP contribution in [0.3, 0.4) is 0 Å². The largest absolute Gasteiger partial charge is 0.376 e. The van der Waals surface area contributed by atoms with E-state index in [9.17, 15) is 14.4 Å². The summed E-state index contributed by atoms with van der Waals surface area (Å²) in [6.07, 6.45) is 3.23. The van der Waals surface area contributed by atoms with Gasteiger partial charge in [0.15, 0.2) is 0 Å². The molecule has 7 nitrogen and oxygen atoms in total. The van der Waals surface area contributed by atoms with Crippen molar-refractivity contribution in [3.8, 4) is 0 Å². The molecule has 1 fully saturated rings. The maximum atomic E-state index is 12.7. The number of anilines is 1. The molecule has 0 bridgehead atoms. The number of amides is 3. The predicted molar refractivity (Wildman–Crippen MR) is 101 cm³/mol. The summed E-state index contributed by atoms with van der Waals surface area (Å²) in [6.45, 7) is 0.902. The lowest BCUT2D eigenvalue weighted by Crippen LogP contribution is -2.36. The Bertz CT molecular complexity index is 923. The minimum Gasteiger partial charge on any atom is -0.376 e. The zero-order valence-electron chi connectivity index (χ0n) is 14.3. The topological polar surface area (TPSA) is 88.6 Å². The quantitative estimate of drug-likeness (QED) is 0.754. The van der Waals surface area contributed by atoms with Gasteiger partial charge in [-0.2, -0.15) is 0 Å². The van der Waals surface area contributed by atoms with Gasteiger partial charge in [0.25, 0.3) is 17.7 Å². The zero-order valence-corrected chi connectivity index (χ0v) is 15.9. The molecule has 2 aromatic rings. The summed E-state index contributed by atoms with van der Waals surface area (Å²) in [5.41, 5.74) is 0.851. The molecule has 3 amide bonds. The maximum Gasteiger partial charge on any atom is 0.261 e. The van der Waals surface area contributed by atoms with Crippen molar-refractivity contribution in [2.24, 2.45) is 0 Å². The summed E-state index contributed by atoms with van der Waals surface area (Å²) < 4.78 is 6.33. The molecule has 4 rings (SSSR count). The van der Waals surface area contributed by atoms with E-state index in [0.29, 0.717) is 23.6 Å². The standard InChI is InChI=1S/C19H16BrN3O4/c20-12-4-6-16(21-9-12)22-17(24)11-3-5-14-15(8-11)19(26)23(18(14)25)10-13-2-1-7-27-13/h3-6,8-9,13H,1-2,7,10H2,(H,21,22,24). The average Bonchev–Trinajstić information content (AvgIpc) is 3.26. The predicted octanol–water partition coefficient (Wildman–Crippen LogP) is 2.87. The fraction of sp³-hybridized carbons (Fsp3) is 0.263. The minimum absolute atomic E-state index is 0.113. The molecule has 0 saturated carbocycles. The Morgan fingerprint density at radius 2 is 2.04 bits per heavy atom. The SMILES string of the molecule is O=C(Nc1ccc(Br)cn1)c1ccc2c(c1)C(=O)N(CC1CCCO1)C2=O. The highest BCUT2D eigenvalue weighted by atomic mass is 79.9. The Hall–Kier alpha value is -2.58. The maximum absolute atomic E-state index is 12.7. The normalized spacial score (nSPS) is 18.7. The smallest absolute Gasteiger partial charge is 0.261 e. The van der Waals surface area contributed by atoms with Crippen molar-refractivity contribution in [2.45, 2.75) is 18.9 Å². The lowest BCUT2D eigenvalue weighted by atomic mass is 10.1. The van der Waals surface area contributed by atoms with Gasteiger partial charge < -0.3 is 10.1 Å². The van der Waals surface area contributed by atoms with Crippen molar-refractivity contribution in [1.29, 1.82) is 0 Å². The number of hydrogen-bond donors (Lipinski definition) is 1. The molecule has 1 aromatic heterocycles. The van der Waals surface area contributed by atoms with Crippen LogP contribution < -0.4 is 5.32 Å². The van der Waals surface area contributed by atoms with Crippen LogP contribution in [0.15, 0.2) is 41.0 Å². The zero-order chi connectivity index (χ0) is 19.0. The summed E-state index contributed by atoms with van der Waals surface area (Å²) in [6, 6.07) is 7.94. The van der Waals surface area contributed by atoms with Crippen LogP contribution in [0.5, 0.6) is 0 Å². The molecule has 0 radical (unpaired) electrons. The number of aromatic nitrogens is 1. The number of pyridine rings is 1. The number of rotatable bonds is 4. The Morgan fingerprint density at radius 1 is 1.22 bits per heavy atom.